The molecule has 3 aliphatic carbocycles. The number of amides is 13. The SMILES string of the molecule is CC[C@H](C)[C@@H]1NC(=O)[C@H](CC(C)C)N(C)C(=O)C[C@@H](C(=O)N2CCCCC2)N(C)C(=O)[C@H](C2CCCC2)N(C)C(=O)C2(CCCC2)NC(=O)[C@H](CC(=O)N2CCC(F)(F)CC2)N(C)C(=O)[C@H](CCc2ccc(C(F)(F)F)c(Cl)c2)NC(=O)CN(C)C(=O)[C@H](CC2CCCCC2)N(C)C(=O)[C@@H]2CCN2C(=O)[C@H](C)N(C)C1=O. The molecule has 4 saturated heterocycles. The van der Waals surface area contributed by atoms with Crippen LogP contribution in [0, 0.1) is 23.7 Å². The molecule has 3 saturated carbocycles. The molecule has 10 atom stereocenters. The van der Waals surface area contributed by atoms with Gasteiger partial charge in [0.1, 0.15) is 59.9 Å². The monoisotopic (exact) mass is 1590 g/mol. The van der Waals surface area contributed by atoms with Crippen LogP contribution in [0.15, 0.2) is 18.2 Å². The van der Waals surface area contributed by atoms with Crippen molar-refractivity contribution in [3.05, 3.63) is 34.3 Å². The van der Waals surface area contributed by atoms with Crippen molar-refractivity contribution in [1.82, 2.24) is 64.9 Å². The lowest BCUT2D eigenvalue weighted by Crippen LogP contribution is -2.66. The maximum atomic E-state index is 16.0. The molecule has 1 aromatic carbocycles. The summed E-state index contributed by atoms with van der Waals surface area (Å²) in [7, 11) is 9.56. The number of carbonyl (C=O) groups excluding carboxylic acids is 13. The summed E-state index contributed by atoms with van der Waals surface area (Å²) >= 11 is 6.19. The van der Waals surface area contributed by atoms with E-state index in [9.17, 15) is 45.9 Å². The highest BCUT2D eigenvalue weighted by Crippen LogP contribution is 2.40. The fourth-order valence-electron chi connectivity index (χ4n) is 17.2. The highest BCUT2D eigenvalue weighted by molar-refractivity contribution is 6.31. The van der Waals surface area contributed by atoms with E-state index in [0.717, 1.165) is 78.5 Å². The minimum atomic E-state index is -4.84. The van der Waals surface area contributed by atoms with Gasteiger partial charge >= 0.3 is 6.18 Å². The van der Waals surface area contributed by atoms with Gasteiger partial charge in [0.2, 0.25) is 76.8 Å². The molecule has 4 heterocycles. The van der Waals surface area contributed by atoms with Crippen molar-refractivity contribution < 1.29 is 84.3 Å². The topological polar surface area (TPSA) is 290 Å². The lowest BCUT2D eigenvalue weighted by Gasteiger charge is -2.45. The van der Waals surface area contributed by atoms with E-state index in [4.69, 9.17) is 11.6 Å². The van der Waals surface area contributed by atoms with E-state index in [2.05, 4.69) is 16.0 Å². The number of aryl methyl sites for hydroxylation is 1. The molecule has 8 rings (SSSR count). The van der Waals surface area contributed by atoms with Crippen molar-refractivity contribution in [1.29, 1.82) is 0 Å². The van der Waals surface area contributed by atoms with Gasteiger partial charge in [-0.25, -0.2) is 8.78 Å². The van der Waals surface area contributed by atoms with Gasteiger partial charge in [0, 0.05) is 94.9 Å². The van der Waals surface area contributed by atoms with Crippen LogP contribution in [0.3, 0.4) is 0 Å². The summed E-state index contributed by atoms with van der Waals surface area (Å²) in [5.74, 6) is -14.2. The van der Waals surface area contributed by atoms with E-state index in [-0.39, 0.29) is 62.5 Å². The molecule has 1 spiro atoms. The zero-order valence-corrected chi connectivity index (χ0v) is 67.7. The largest absolute Gasteiger partial charge is 0.417 e. The first-order valence-corrected chi connectivity index (χ1v) is 40.5. The predicted molar refractivity (Wildman–Crippen MR) is 403 cm³/mol. The third-order valence-corrected chi connectivity index (χ3v) is 25.2. The number of fused-ring (bicyclic) bond motifs is 1. The van der Waals surface area contributed by atoms with Crippen LogP contribution in [-0.4, -0.2) is 280 Å². The third kappa shape index (κ3) is 21.6. The van der Waals surface area contributed by atoms with E-state index in [1.807, 2.05) is 20.8 Å². The second-order valence-electron chi connectivity index (χ2n) is 33.0. The van der Waals surface area contributed by atoms with Gasteiger partial charge in [0.15, 0.2) is 0 Å². The van der Waals surface area contributed by atoms with Crippen molar-refractivity contribution in [2.24, 2.45) is 23.7 Å². The first-order chi connectivity index (χ1) is 52.2. The van der Waals surface area contributed by atoms with Crippen LogP contribution in [0.2, 0.25) is 5.02 Å². The Hall–Kier alpha value is -7.73. The van der Waals surface area contributed by atoms with Crippen LogP contribution < -0.4 is 16.0 Å². The van der Waals surface area contributed by atoms with Gasteiger partial charge in [0.25, 0.3) is 5.92 Å². The van der Waals surface area contributed by atoms with Crippen molar-refractivity contribution >= 4 is 88.4 Å². The van der Waals surface area contributed by atoms with Gasteiger partial charge in [0.05, 0.1) is 30.0 Å². The molecule has 32 heteroatoms. The van der Waals surface area contributed by atoms with Gasteiger partial charge in [-0.15, -0.1) is 0 Å². The van der Waals surface area contributed by atoms with Crippen LogP contribution in [-0.2, 0) is 74.9 Å². The van der Waals surface area contributed by atoms with Crippen molar-refractivity contribution in [2.45, 2.75) is 274 Å². The average molecular weight is 1590 g/mol. The first kappa shape index (κ1) is 88.8. The highest BCUT2D eigenvalue weighted by Gasteiger charge is 2.53. The Bertz CT molecular complexity index is 3540. The lowest BCUT2D eigenvalue weighted by atomic mass is 9.84. The average Bonchev–Trinajstić information content (AvgIpc) is 1.76. The molecule has 111 heavy (non-hydrogen) atoms. The molecule has 0 radical (unpaired) electrons. The zero-order chi connectivity index (χ0) is 81.9. The molecule has 7 fully saturated rings. The van der Waals surface area contributed by atoms with Crippen molar-refractivity contribution in [2.75, 3.05) is 88.6 Å². The second kappa shape index (κ2) is 38.4. The summed E-state index contributed by atoms with van der Waals surface area (Å²) in [6.07, 6.45) is 1.56. The molecule has 3 N–H and O–H groups in total. The number of benzene rings is 1. The molecular weight excluding hydrogens is 1470 g/mol. The number of nitrogens with one attached hydrogen (secondary N) is 3. The Balaban J connectivity index is 1.23. The van der Waals surface area contributed by atoms with Gasteiger partial charge in [-0.1, -0.05) is 110 Å². The minimum absolute atomic E-state index is 0.0161. The minimum Gasteiger partial charge on any atom is -0.343 e. The zero-order valence-electron chi connectivity index (χ0n) is 66.9. The number of hydrogen-bond donors (Lipinski definition) is 3. The summed E-state index contributed by atoms with van der Waals surface area (Å²) in [4.78, 5) is 210. The molecule has 7 aliphatic rings. The Kier molecular flexibility index (Phi) is 30.7. The van der Waals surface area contributed by atoms with Crippen molar-refractivity contribution in [3.8, 4) is 0 Å². The number of carbonyl (C=O) groups is 13. The number of alkyl halides is 5. The Labute approximate surface area is 655 Å². The third-order valence-electron chi connectivity index (χ3n) is 24.9. The van der Waals surface area contributed by atoms with Gasteiger partial charge < -0.3 is 64.9 Å². The molecule has 26 nitrogen and oxygen atoms in total. The van der Waals surface area contributed by atoms with Crippen LogP contribution >= 0.6 is 11.6 Å². The van der Waals surface area contributed by atoms with Gasteiger partial charge in [-0.05, 0) is 125 Å². The summed E-state index contributed by atoms with van der Waals surface area (Å²) in [6, 6.07) is -9.44. The maximum absolute atomic E-state index is 16.0. The number of likely N-dealkylation sites (tertiary alicyclic amines) is 2. The Morgan fingerprint density at radius 1 is 0.613 bits per heavy atom. The van der Waals surface area contributed by atoms with Crippen LogP contribution in [0.25, 0.3) is 0 Å². The predicted octanol–water partition coefficient (Wildman–Crippen LogP) is 7.05. The summed E-state index contributed by atoms with van der Waals surface area (Å²) in [5.41, 5.74) is -2.81. The second-order valence-corrected chi connectivity index (χ2v) is 33.4. The number of hydrogen-bond acceptors (Lipinski definition) is 13. The quantitative estimate of drug-likeness (QED) is 0.167. The molecule has 1 aromatic rings. The molecule has 13 amide bonds. The number of halogens is 6. The van der Waals surface area contributed by atoms with Crippen LogP contribution in [0.5, 0.6) is 0 Å². The maximum Gasteiger partial charge on any atom is 0.417 e. The summed E-state index contributed by atoms with van der Waals surface area (Å²) in [5, 5.41) is 7.86. The number of nitrogens with zero attached hydrogens (tertiary/aromatic N) is 10. The Morgan fingerprint density at radius 2 is 1.22 bits per heavy atom. The summed E-state index contributed by atoms with van der Waals surface area (Å²) < 4.78 is 71.6. The van der Waals surface area contributed by atoms with Gasteiger partial charge in [-0.3, -0.25) is 62.3 Å². The highest BCUT2D eigenvalue weighted by atomic mass is 35.5. The van der Waals surface area contributed by atoms with Gasteiger partial charge in [-0.2, -0.15) is 13.2 Å². The van der Waals surface area contributed by atoms with E-state index in [0.29, 0.717) is 70.9 Å². The molecule has 620 valence electrons. The number of rotatable bonds is 13. The molecule has 0 unspecified atom stereocenters. The lowest BCUT2D eigenvalue weighted by molar-refractivity contribution is -0.160. The van der Waals surface area contributed by atoms with Crippen molar-refractivity contribution in [3.63, 3.8) is 0 Å². The van der Waals surface area contributed by atoms with E-state index in [1.54, 1.807) is 11.8 Å². The Morgan fingerprint density at radius 3 is 1.79 bits per heavy atom. The van der Waals surface area contributed by atoms with Crippen LogP contribution in [0.1, 0.15) is 206 Å². The fraction of sp³-hybridized carbons (Fsp3) is 0.759. The molecule has 0 bridgehead atoms. The molecule has 4 aliphatic heterocycles. The number of piperidine rings is 2. The number of likely N-dealkylation sites (N-methyl/N-ethyl adjacent to an activating group) is 7. The smallest absolute Gasteiger partial charge is 0.343 e. The fourth-order valence-corrected chi connectivity index (χ4v) is 17.6. The van der Waals surface area contributed by atoms with E-state index >= 15 is 38.4 Å². The van der Waals surface area contributed by atoms with E-state index < -0.39 is 223 Å². The van der Waals surface area contributed by atoms with E-state index in [1.165, 1.54) is 78.6 Å². The normalized spacial score (nSPS) is 27.9. The summed E-state index contributed by atoms with van der Waals surface area (Å²) in [6.45, 7) is 7.92. The molecular formula is C79H119ClF5N13O13. The first-order valence-electron chi connectivity index (χ1n) is 40.1. The molecule has 0 aromatic heterocycles. The van der Waals surface area contributed by atoms with Crippen LogP contribution in [0.4, 0.5) is 22.0 Å². The standard InChI is InChI=1S/C79H119ClF5N13O13/c1-13-49(4)65-74(109)90(7)50(5)69(104)98-39-32-57(98)72(107)93(10)60(44-51-24-16-14-17-25-51)71(106)89(6)47-62(99)86-56(31-29-52-28-30-54(55(80)43-52)79(83,84)85)70(105)92(9)59(45-64(101)96-40-35-78(81,82)36-41-96)68(103)88-77(33-20-21-34-77)76(111)95(12)66(53-26-18-19-27-53)75(110)94(11)61(73(108)97-37-22-15-23-38-97)46-63(100)91(8)58(42-48(2)3)67(102)87-65/h28,30,43,48-51,53,56-61,65-66H,13-27,29,31-42,44-47H2,1-12H3,(H,86,99)(H,87,102)(H,88,103)/t49-,50-,56-,57-,58-,59-,60-,61-,65-,66-/m0/s1.